The lowest BCUT2D eigenvalue weighted by Crippen LogP contribution is -2.04. The highest BCUT2D eigenvalue weighted by molar-refractivity contribution is 6.08. The van der Waals surface area contributed by atoms with E-state index in [1.54, 1.807) is 0 Å². The molecule has 4 heteroatoms. The molecule has 1 aromatic carbocycles. The summed E-state index contributed by atoms with van der Waals surface area (Å²) < 4.78 is 10.7. The second-order valence-electron chi connectivity index (χ2n) is 2.90. The molecule has 0 spiro atoms. The Bertz CT molecular complexity index is 374. The van der Waals surface area contributed by atoms with Gasteiger partial charge in [-0.1, -0.05) is 11.2 Å². The van der Waals surface area contributed by atoms with Crippen LogP contribution in [-0.2, 0) is 0 Å². The van der Waals surface area contributed by atoms with Gasteiger partial charge in [0.25, 0.3) is 0 Å². The lowest BCUT2D eigenvalue weighted by atomic mass is 10.1. The zero-order valence-electron chi connectivity index (χ0n) is 7.86. The predicted molar refractivity (Wildman–Crippen MR) is 51.4 cm³/mol. The van der Waals surface area contributed by atoms with Gasteiger partial charge in [-0.05, 0) is 19.1 Å². The summed E-state index contributed by atoms with van der Waals surface area (Å²) in [4.78, 5) is 0. The fourth-order valence-corrected chi connectivity index (χ4v) is 1.49. The van der Waals surface area contributed by atoms with Crippen LogP contribution in [0.15, 0.2) is 23.4 Å². The molecule has 0 atom stereocenters. The highest BCUT2D eigenvalue weighted by Gasteiger charge is 2.23. The Balaban J connectivity index is 2.48. The molecule has 0 aliphatic carbocycles. The van der Waals surface area contributed by atoms with Crippen molar-refractivity contribution in [2.45, 2.75) is 6.92 Å². The maximum atomic E-state index is 8.76. The molecule has 0 aromatic heterocycles. The van der Waals surface area contributed by atoms with Gasteiger partial charge >= 0.3 is 0 Å². The van der Waals surface area contributed by atoms with Crippen LogP contribution in [0.3, 0.4) is 0 Å². The van der Waals surface area contributed by atoms with Crippen LogP contribution in [0.4, 0.5) is 0 Å². The van der Waals surface area contributed by atoms with Crippen molar-refractivity contribution in [3.05, 3.63) is 23.8 Å². The Morgan fingerprint density at radius 1 is 1.57 bits per heavy atom. The Kier molecular flexibility index (Phi) is 2.26. The van der Waals surface area contributed by atoms with E-state index in [0.29, 0.717) is 30.4 Å². The maximum absolute atomic E-state index is 8.76. The lowest BCUT2D eigenvalue weighted by Gasteiger charge is -2.06. The molecule has 4 nitrogen and oxygen atoms in total. The molecule has 0 unspecified atom stereocenters. The van der Waals surface area contributed by atoms with E-state index in [4.69, 9.17) is 14.7 Å². The second kappa shape index (κ2) is 3.57. The third-order valence-corrected chi connectivity index (χ3v) is 2.06. The van der Waals surface area contributed by atoms with Gasteiger partial charge in [-0.3, -0.25) is 0 Å². The van der Waals surface area contributed by atoms with E-state index in [-0.39, 0.29) is 0 Å². The molecule has 1 N–H and O–H groups in total. The van der Waals surface area contributed by atoms with Crippen LogP contribution in [0, 0.1) is 0 Å². The summed E-state index contributed by atoms with van der Waals surface area (Å²) in [6.45, 7) is 2.79. The summed E-state index contributed by atoms with van der Waals surface area (Å²) in [6, 6.07) is 5.52. The first-order valence-corrected chi connectivity index (χ1v) is 4.46. The molecule has 74 valence electrons. The zero-order valence-corrected chi connectivity index (χ0v) is 7.86. The molecule has 1 aromatic rings. The first-order valence-electron chi connectivity index (χ1n) is 4.46. The summed E-state index contributed by atoms with van der Waals surface area (Å²) in [7, 11) is 0. The number of rotatable bonds is 2. The van der Waals surface area contributed by atoms with Crippen LogP contribution in [0.25, 0.3) is 0 Å². The van der Waals surface area contributed by atoms with Crippen LogP contribution in [0.5, 0.6) is 11.5 Å². The number of hydrogen-bond acceptors (Lipinski definition) is 4. The maximum Gasteiger partial charge on any atom is 0.134 e. The quantitative estimate of drug-likeness (QED) is 0.574. The fourth-order valence-electron chi connectivity index (χ4n) is 1.49. The highest BCUT2D eigenvalue weighted by Crippen LogP contribution is 2.33. The average Bonchev–Trinajstić information content (AvgIpc) is 2.62. The van der Waals surface area contributed by atoms with E-state index in [9.17, 15) is 0 Å². The number of hydrogen-bond donors (Lipinski definition) is 1. The van der Waals surface area contributed by atoms with Gasteiger partial charge in [0.1, 0.15) is 23.8 Å². The lowest BCUT2D eigenvalue weighted by molar-refractivity contribution is 0.313. The minimum absolute atomic E-state index is 0.302. The van der Waals surface area contributed by atoms with E-state index >= 15 is 0 Å². The number of nitrogens with zero attached hydrogens (tertiary/aromatic N) is 1. The van der Waals surface area contributed by atoms with Gasteiger partial charge in [-0.25, -0.2) is 0 Å². The molecular formula is C10H11NO3. The standard InChI is InChI=1S/C10H11NO3/c1-2-13-8-4-3-5-9-10(8)7(11-12)6-14-9/h3-5,12H,2,6H2,1H3. The van der Waals surface area contributed by atoms with Crippen LogP contribution in [-0.4, -0.2) is 24.1 Å². The largest absolute Gasteiger partial charge is 0.493 e. The predicted octanol–water partition coefficient (Wildman–Crippen LogP) is 1.66. The molecule has 0 bridgehead atoms. The fraction of sp³-hybridized carbons (Fsp3) is 0.300. The van der Waals surface area contributed by atoms with Crippen molar-refractivity contribution in [2.24, 2.45) is 5.16 Å². The summed E-state index contributed by atoms with van der Waals surface area (Å²) in [5, 5.41) is 11.9. The Morgan fingerprint density at radius 3 is 3.14 bits per heavy atom. The Morgan fingerprint density at radius 2 is 2.43 bits per heavy atom. The molecule has 0 saturated carbocycles. The summed E-state index contributed by atoms with van der Waals surface area (Å²) >= 11 is 0. The van der Waals surface area contributed by atoms with Gasteiger partial charge in [-0.15, -0.1) is 0 Å². The van der Waals surface area contributed by atoms with Crippen molar-refractivity contribution in [3.63, 3.8) is 0 Å². The van der Waals surface area contributed by atoms with Gasteiger partial charge in [0, 0.05) is 0 Å². The normalized spacial score (nSPS) is 16.5. The monoisotopic (exact) mass is 193 g/mol. The summed E-state index contributed by atoms with van der Waals surface area (Å²) in [5.41, 5.74) is 1.28. The molecule has 1 aliphatic rings. The molecular weight excluding hydrogens is 182 g/mol. The first-order chi connectivity index (χ1) is 6.86. The number of fused-ring (bicyclic) bond motifs is 1. The van der Waals surface area contributed by atoms with Crippen LogP contribution < -0.4 is 9.47 Å². The van der Waals surface area contributed by atoms with Gasteiger partial charge in [0.2, 0.25) is 0 Å². The number of ether oxygens (including phenoxy) is 2. The van der Waals surface area contributed by atoms with E-state index in [1.165, 1.54) is 0 Å². The van der Waals surface area contributed by atoms with E-state index in [2.05, 4.69) is 5.16 Å². The molecule has 1 aliphatic heterocycles. The third-order valence-electron chi connectivity index (χ3n) is 2.06. The molecule has 2 rings (SSSR count). The average molecular weight is 193 g/mol. The molecule has 1 heterocycles. The topological polar surface area (TPSA) is 51.0 Å². The minimum Gasteiger partial charge on any atom is -0.493 e. The van der Waals surface area contributed by atoms with E-state index in [1.807, 2.05) is 25.1 Å². The molecule has 0 fully saturated rings. The smallest absolute Gasteiger partial charge is 0.134 e. The molecule has 0 amide bonds. The van der Waals surface area contributed by atoms with Crippen LogP contribution >= 0.6 is 0 Å². The van der Waals surface area contributed by atoms with Crippen molar-refractivity contribution >= 4 is 5.71 Å². The van der Waals surface area contributed by atoms with Gasteiger partial charge in [0.05, 0.1) is 12.2 Å². The van der Waals surface area contributed by atoms with Gasteiger partial charge < -0.3 is 14.7 Å². The third kappa shape index (κ3) is 1.28. The zero-order chi connectivity index (χ0) is 9.97. The highest BCUT2D eigenvalue weighted by atomic mass is 16.5. The van der Waals surface area contributed by atoms with Crippen molar-refractivity contribution in [1.29, 1.82) is 0 Å². The SMILES string of the molecule is CCOc1cccc2c1C(=NO)CO2. The summed E-state index contributed by atoms with van der Waals surface area (Å²) in [6.07, 6.45) is 0. The van der Waals surface area contributed by atoms with Gasteiger partial charge in [0.15, 0.2) is 0 Å². The van der Waals surface area contributed by atoms with Crippen molar-refractivity contribution < 1.29 is 14.7 Å². The first kappa shape index (κ1) is 8.87. The Hall–Kier alpha value is -1.71. The van der Waals surface area contributed by atoms with E-state index in [0.717, 1.165) is 5.56 Å². The van der Waals surface area contributed by atoms with E-state index < -0.39 is 0 Å². The van der Waals surface area contributed by atoms with Crippen molar-refractivity contribution in [2.75, 3.05) is 13.2 Å². The van der Waals surface area contributed by atoms with Crippen LogP contribution in [0.2, 0.25) is 0 Å². The Labute approximate surface area is 81.8 Å². The second-order valence-corrected chi connectivity index (χ2v) is 2.90. The molecule has 0 radical (unpaired) electrons. The van der Waals surface area contributed by atoms with Gasteiger partial charge in [-0.2, -0.15) is 0 Å². The molecule has 0 saturated heterocycles. The number of oxime groups is 1. The molecule has 14 heavy (non-hydrogen) atoms. The minimum atomic E-state index is 0.302. The number of benzene rings is 1. The van der Waals surface area contributed by atoms with Crippen molar-refractivity contribution in [3.8, 4) is 11.5 Å². The van der Waals surface area contributed by atoms with Crippen LogP contribution in [0.1, 0.15) is 12.5 Å². The van der Waals surface area contributed by atoms with Crippen molar-refractivity contribution in [1.82, 2.24) is 0 Å². The summed E-state index contributed by atoms with van der Waals surface area (Å²) in [5.74, 6) is 1.42.